The largest absolute Gasteiger partial charge is 0.493 e. The number of halogens is 8. The van der Waals surface area contributed by atoms with Gasteiger partial charge in [-0.05, 0) is 72.6 Å². The van der Waals surface area contributed by atoms with Gasteiger partial charge < -0.3 is 14.5 Å². The molecule has 0 saturated carbocycles. The van der Waals surface area contributed by atoms with Crippen LogP contribution >= 0.6 is 23.2 Å². The smallest absolute Gasteiger partial charge is 0.417 e. The Hall–Kier alpha value is -4.49. The van der Waals surface area contributed by atoms with E-state index in [0.717, 1.165) is 24.4 Å². The number of aromatic nitrogens is 1. The third kappa shape index (κ3) is 7.34. The van der Waals surface area contributed by atoms with Crippen LogP contribution in [0.4, 0.5) is 37.0 Å². The lowest BCUT2D eigenvalue weighted by molar-refractivity contribution is -0.138. The van der Waals surface area contributed by atoms with Gasteiger partial charge in [0, 0.05) is 42.4 Å². The second kappa shape index (κ2) is 14.0. The van der Waals surface area contributed by atoms with E-state index in [2.05, 4.69) is 4.98 Å². The van der Waals surface area contributed by atoms with Gasteiger partial charge in [0.1, 0.15) is 23.4 Å². The monoisotopic (exact) mass is 735 g/mol. The fourth-order valence-corrected chi connectivity index (χ4v) is 6.28. The van der Waals surface area contributed by atoms with Crippen molar-refractivity contribution >= 4 is 40.9 Å². The van der Waals surface area contributed by atoms with E-state index in [0.29, 0.717) is 27.0 Å². The number of amides is 2. The third-order valence-corrected chi connectivity index (χ3v) is 9.00. The van der Waals surface area contributed by atoms with E-state index in [9.17, 15) is 31.1 Å². The molecule has 262 valence electrons. The number of alkyl halides is 6. The van der Waals surface area contributed by atoms with Crippen molar-refractivity contribution in [3.8, 4) is 5.75 Å². The van der Waals surface area contributed by atoms with Crippen molar-refractivity contribution < 1.29 is 35.9 Å². The van der Waals surface area contributed by atoms with Crippen LogP contribution in [-0.4, -0.2) is 59.4 Å². The van der Waals surface area contributed by atoms with Gasteiger partial charge >= 0.3 is 18.4 Å². The van der Waals surface area contributed by atoms with Gasteiger partial charge in [-0.2, -0.15) is 26.3 Å². The van der Waals surface area contributed by atoms with E-state index in [4.69, 9.17) is 32.9 Å². The van der Waals surface area contributed by atoms with E-state index in [-0.39, 0.29) is 49.9 Å². The number of hydrogen-bond donors (Lipinski definition) is 0. The highest BCUT2D eigenvalue weighted by molar-refractivity contribution is 6.30. The molecular formula is C35H29Cl2F6N5O2. The summed E-state index contributed by atoms with van der Waals surface area (Å²) in [5.74, 6) is 0.351. The number of carbonyl (C=O) groups excluding carboxylic acids is 1. The molecule has 2 aliphatic heterocycles. The van der Waals surface area contributed by atoms with Crippen molar-refractivity contribution in [3.05, 3.63) is 123 Å². The fourth-order valence-electron chi connectivity index (χ4n) is 6.03. The highest BCUT2D eigenvalue weighted by Crippen LogP contribution is 2.46. The van der Waals surface area contributed by atoms with Gasteiger partial charge in [-0.1, -0.05) is 47.5 Å². The number of nitrogens with zero attached hydrogens (tertiary/aromatic N) is 5. The molecule has 4 aromatic rings. The van der Waals surface area contributed by atoms with Crippen LogP contribution in [0.3, 0.4) is 0 Å². The van der Waals surface area contributed by atoms with Crippen molar-refractivity contribution in [1.29, 1.82) is 0 Å². The van der Waals surface area contributed by atoms with Gasteiger partial charge in [-0.3, -0.25) is 9.89 Å². The molecule has 7 nitrogen and oxygen atoms in total. The summed E-state index contributed by atoms with van der Waals surface area (Å²) < 4.78 is 86.3. The molecule has 2 amide bonds. The highest BCUT2D eigenvalue weighted by atomic mass is 35.5. The predicted molar refractivity (Wildman–Crippen MR) is 178 cm³/mol. The first-order valence-electron chi connectivity index (χ1n) is 15.5. The van der Waals surface area contributed by atoms with Gasteiger partial charge in [-0.15, -0.1) is 0 Å². The number of carbonyl (C=O) groups is 1. The standard InChI is InChI=1S/C35H29Cl2F6N5O2/c1-2-50-28-19-23(34(38,39)40)7-13-27(28)32-45-30(21-3-9-25(36)10-4-21)31(22-5-11-26(37)12-6-22)48(32)33(49)47-17-15-46(16-18-47)29-14-8-24(20-44-29)35(41,42)43/h3-14,19-20,30-31H,2,15-18H2,1H3. The van der Waals surface area contributed by atoms with Gasteiger partial charge in [0.2, 0.25) is 0 Å². The highest BCUT2D eigenvalue weighted by Gasteiger charge is 2.45. The first kappa shape index (κ1) is 35.3. The summed E-state index contributed by atoms with van der Waals surface area (Å²) in [4.78, 5) is 28.5. The molecular weight excluding hydrogens is 707 g/mol. The molecule has 15 heteroatoms. The van der Waals surface area contributed by atoms with Crippen LogP contribution in [-0.2, 0) is 12.4 Å². The predicted octanol–water partition coefficient (Wildman–Crippen LogP) is 9.31. The number of amidine groups is 1. The molecule has 2 atom stereocenters. The molecule has 1 aromatic heterocycles. The molecule has 6 rings (SSSR count). The molecule has 3 aromatic carbocycles. The zero-order chi connectivity index (χ0) is 35.8. The maximum atomic E-state index is 14.7. The van der Waals surface area contributed by atoms with Crippen LogP contribution in [0.1, 0.15) is 46.8 Å². The molecule has 2 aliphatic rings. The Kier molecular flexibility index (Phi) is 9.91. The molecule has 0 aliphatic carbocycles. The van der Waals surface area contributed by atoms with Crippen LogP contribution in [0.15, 0.2) is 90.1 Å². The number of pyridine rings is 1. The zero-order valence-corrected chi connectivity index (χ0v) is 27.9. The Labute approximate surface area is 293 Å². The Morgan fingerprint density at radius 1 is 0.800 bits per heavy atom. The first-order valence-corrected chi connectivity index (χ1v) is 16.3. The van der Waals surface area contributed by atoms with E-state index >= 15 is 0 Å². The quantitative estimate of drug-likeness (QED) is 0.185. The SMILES string of the molecule is CCOc1cc(C(F)(F)F)ccc1C1=NC(c2ccc(Cl)cc2)C(c2ccc(Cl)cc2)N1C(=O)N1CCN(c2ccc(C(F)(F)F)cn2)CC1. The number of rotatable bonds is 6. The van der Waals surface area contributed by atoms with Crippen LogP contribution in [0.5, 0.6) is 5.75 Å². The van der Waals surface area contributed by atoms with Crippen LogP contribution in [0.2, 0.25) is 10.0 Å². The number of hydrogen-bond acceptors (Lipinski definition) is 5. The number of benzene rings is 3. The molecule has 0 N–H and O–H groups in total. The molecule has 0 spiro atoms. The summed E-state index contributed by atoms with van der Waals surface area (Å²) in [6, 6.07) is 17.2. The molecule has 0 radical (unpaired) electrons. The first-order chi connectivity index (χ1) is 23.7. The molecule has 0 bridgehead atoms. The molecule has 3 heterocycles. The van der Waals surface area contributed by atoms with Gasteiger partial charge in [-0.25, -0.2) is 9.78 Å². The summed E-state index contributed by atoms with van der Waals surface area (Å²) in [7, 11) is 0. The molecule has 2 unspecified atom stereocenters. The Morgan fingerprint density at radius 2 is 1.38 bits per heavy atom. The molecule has 1 saturated heterocycles. The maximum Gasteiger partial charge on any atom is 0.417 e. The summed E-state index contributed by atoms with van der Waals surface area (Å²) in [5.41, 5.74) is -0.230. The van der Waals surface area contributed by atoms with Crippen LogP contribution in [0, 0.1) is 0 Å². The number of anilines is 1. The number of aliphatic imine (C=N–C) groups is 1. The van der Waals surface area contributed by atoms with Crippen molar-refractivity contribution in [2.75, 3.05) is 37.7 Å². The molecule has 50 heavy (non-hydrogen) atoms. The van der Waals surface area contributed by atoms with Crippen molar-refractivity contribution in [2.24, 2.45) is 4.99 Å². The maximum absolute atomic E-state index is 14.7. The van der Waals surface area contributed by atoms with E-state index < -0.39 is 41.6 Å². The van der Waals surface area contributed by atoms with Crippen molar-refractivity contribution in [1.82, 2.24) is 14.8 Å². The Bertz CT molecular complexity index is 1860. The summed E-state index contributed by atoms with van der Waals surface area (Å²) >= 11 is 12.4. The van der Waals surface area contributed by atoms with Gasteiger partial charge in [0.05, 0.1) is 29.3 Å². The average Bonchev–Trinajstić information content (AvgIpc) is 3.48. The lowest BCUT2D eigenvalue weighted by Crippen LogP contribution is -2.54. The van der Waals surface area contributed by atoms with Crippen molar-refractivity contribution in [2.45, 2.75) is 31.4 Å². The Morgan fingerprint density at radius 3 is 1.92 bits per heavy atom. The minimum atomic E-state index is -4.64. The normalized spacial score (nSPS) is 18.3. The lowest BCUT2D eigenvalue weighted by atomic mass is 9.93. The molecule has 1 fully saturated rings. The van der Waals surface area contributed by atoms with Crippen molar-refractivity contribution in [3.63, 3.8) is 0 Å². The number of ether oxygens (including phenoxy) is 1. The third-order valence-electron chi connectivity index (χ3n) is 8.49. The second-order valence-corrected chi connectivity index (χ2v) is 12.5. The number of piperazine rings is 1. The van der Waals surface area contributed by atoms with E-state index in [1.54, 1.807) is 65.3 Å². The van der Waals surface area contributed by atoms with Gasteiger partial charge in [0.25, 0.3) is 0 Å². The zero-order valence-electron chi connectivity index (χ0n) is 26.3. The van der Waals surface area contributed by atoms with Crippen LogP contribution in [0.25, 0.3) is 0 Å². The second-order valence-electron chi connectivity index (χ2n) is 11.6. The number of urea groups is 1. The van der Waals surface area contributed by atoms with E-state index in [1.165, 1.54) is 17.0 Å². The topological polar surface area (TPSA) is 61.3 Å². The van der Waals surface area contributed by atoms with Gasteiger partial charge in [0.15, 0.2) is 0 Å². The Balaban J connectivity index is 1.40. The summed E-state index contributed by atoms with van der Waals surface area (Å²) in [6.07, 6.45) is -8.39. The summed E-state index contributed by atoms with van der Waals surface area (Å²) in [6.45, 7) is 2.57. The minimum absolute atomic E-state index is 0.0523. The fraction of sp³-hybridized carbons (Fsp3) is 0.286. The minimum Gasteiger partial charge on any atom is -0.493 e. The lowest BCUT2D eigenvalue weighted by Gasteiger charge is -2.39. The van der Waals surface area contributed by atoms with E-state index in [1.807, 2.05) is 0 Å². The summed E-state index contributed by atoms with van der Waals surface area (Å²) in [5, 5.41) is 0.942. The average molecular weight is 737 g/mol. The van der Waals surface area contributed by atoms with Crippen LogP contribution < -0.4 is 9.64 Å².